The molecule has 0 aliphatic rings. The number of hydrogen-bond donors (Lipinski definition) is 0. The Morgan fingerprint density at radius 1 is 1.25 bits per heavy atom. The van der Waals surface area contributed by atoms with Crippen molar-refractivity contribution in [3.05, 3.63) is 29.8 Å². The van der Waals surface area contributed by atoms with Crippen LogP contribution >= 0.6 is 0 Å². The van der Waals surface area contributed by atoms with Crippen LogP contribution in [0.1, 0.15) is 24.2 Å². The van der Waals surface area contributed by atoms with Crippen LogP contribution in [0, 0.1) is 5.92 Å². The summed E-state index contributed by atoms with van der Waals surface area (Å²) in [5.74, 6) is 0.115. The van der Waals surface area contributed by atoms with Crippen molar-refractivity contribution in [3.63, 3.8) is 0 Å². The van der Waals surface area contributed by atoms with E-state index >= 15 is 0 Å². The number of esters is 1. The van der Waals surface area contributed by atoms with Gasteiger partial charge in [0.05, 0.1) is 12.2 Å². The highest BCUT2D eigenvalue weighted by molar-refractivity contribution is 5.89. The van der Waals surface area contributed by atoms with Gasteiger partial charge in [0.2, 0.25) is 0 Å². The molecule has 0 aliphatic carbocycles. The molecule has 0 spiro atoms. The van der Waals surface area contributed by atoms with Crippen molar-refractivity contribution in [2.45, 2.75) is 13.8 Å². The van der Waals surface area contributed by atoms with Crippen LogP contribution < -0.4 is 4.90 Å². The molecular formula is C13H19NO2. The molecule has 0 aromatic heterocycles. The van der Waals surface area contributed by atoms with Gasteiger partial charge >= 0.3 is 5.97 Å². The summed E-state index contributed by atoms with van der Waals surface area (Å²) >= 11 is 0. The predicted octanol–water partition coefficient (Wildman–Crippen LogP) is 2.57. The molecule has 0 heterocycles. The Bertz CT molecular complexity index is 341. The molecule has 0 radical (unpaired) electrons. The van der Waals surface area contributed by atoms with E-state index in [-0.39, 0.29) is 5.97 Å². The first kappa shape index (κ1) is 12.6. The van der Waals surface area contributed by atoms with Gasteiger partial charge in [-0.3, -0.25) is 0 Å². The van der Waals surface area contributed by atoms with Crippen molar-refractivity contribution in [1.29, 1.82) is 0 Å². The molecule has 3 nitrogen and oxygen atoms in total. The van der Waals surface area contributed by atoms with Gasteiger partial charge in [0.15, 0.2) is 0 Å². The molecule has 3 heteroatoms. The molecule has 0 N–H and O–H groups in total. The van der Waals surface area contributed by atoms with Gasteiger partial charge in [-0.25, -0.2) is 4.79 Å². The molecule has 0 fully saturated rings. The summed E-state index contributed by atoms with van der Waals surface area (Å²) in [6, 6.07) is 7.40. The van der Waals surface area contributed by atoms with E-state index in [4.69, 9.17) is 4.74 Å². The molecule has 0 aliphatic heterocycles. The Labute approximate surface area is 97.0 Å². The van der Waals surface area contributed by atoms with Gasteiger partial charge in [-0.05, 0) is 30.2 Å². The number of hydrogen-bond acceptors (Lipinski definition) is 3. The maximum Gasteiger partial charge on any atom is 0.338 e. The zero-order chi connectivity index (χ0) is 12.1. The summed E-state index contributed by atoms with van der Waals surface area (Å²) in [6.45, 7) is 4.50. The fourth-order valence-corrected chi connectivity index (χ4v) is 1.22. The van der Waals surface area contributed by atoms with Crippen LogP contribution in [0.25, 0.3) is 0 Å². The highest BCUT2D eigenvalue weighted by Gasteiger charge is 2.07. The second-order valence-electron chi connectivity index (χ2n) is 4.43. The second-order valence-corrected chi connectivity index (χ2v) is 4.43. The maximum atomic E-state index is 11.6. The number of nitrogens with zero attached hydrogens (tertiary/aromatic N) is 1. The molecule has 0 atom stereocenters. The summed E-state index contributed by atoms with van der Waals surface area (Å²) in [6.07, 6.45) is 0. The first-order valence-electron chi connectivity index (χ1n) is 5.45. The van der Waals surface area contributed by atoms with Gasteiger partial charge in [0.25, 0.3) is 0 Å². The lowest BCUT2D eigenvalue weighted by atomic mass is 10.2. The topological polar surface area (TPSA) is 29.5 Å². The van der Waals surface area contributed by atoms with E-state index in [9.17, 15) is 4.79 Å². The molecule has 0 bridgehead atoms. The SMILES string of the molecule is CC(C)COC(=O)c1ccc(N(C)C)cc1. The first-order chi connectivity index (χ1) is 7.50. The van der Waals surface area contributed by atoms with Crippen molar-refractivity contribution in [2.24, 2.45) is 5.92 Å². The lowest BCUT2D eigenvalue weighted by molar-refractivity contribution is 0.0459. The molecule has 1 rings (SSSR count). The highest BCUT2D eigenvalue weighted by atomic mass is 16.5. The third-order valence-corrected chi connectivity index (χ3v) is 2.17. The molecule has 0 amide bonds. The van der Waals surface area contributed by atoms with Gasteiger partial charge in [-0.1, -0.05) is 13.8 Å². The predicted molar refractivity (Wildman–Crippen MR) is 65.9 cm³/mol. The second kappa shape index (κ2) is 5.54. The average Bonchev–Trinajstić information content (AvgIpc) is 2.26. The Morgan fingerprint density at radius 3 is 2.25 bits per heavy atom. The Morgan fingerprint density at radius 2 is 1.81 bits per heavy atom. The maximum absolute atomic E-state index is 11.6. The summed E-state index contributed by atoms with van der Waals surface area (Å²) in [5, 5.41) is 0. The summed E-state index contributed by atoms with van der Waals surface area (Å²) in [4.78, 5) is 13.6. The quantitative estimate of drug-likeness (QED) is 0.732. The Hall–Kier alpha value is -1.51. The van der Waals surface area contributed by atoms with E-state index in [1.807, 2.05) is 45.0 Å². The number of ether oxygens (including phenoxy) is 1. The fourth-order valence-electron chi connectivity index (χ4n) is 1.22. The minimum Gasteiger partial charge on any atom is -0.462 e. The molecule has 1 aromatic rings. The van der Waals surface area contributed by atoms with E-state index in [2.05, 4.69) is 0 Å². The van der Waals surface area contributed by atoms with Gasteiger partial charge < -0.3 is 9.64 Å². The van der Waals surface area contributed by atoms with Crippen molar-refractivity contribution in [1.82, 2.24) is 0 Å². The highest BCUT2D eigenvalue weighted by Crippen LogP contribution is 2.13. The minimum atomic E-state index is -0.251. The molecule has 0 saturated heterocycles. The van der Waals surface area contributed by atoms with E-state index in [0.717, 1.165) is 5.69 Å². The normalized spacial score (nSPS) is 10.3. The number of benzene rings is 1. The Kier molecular flexibility index (Phi) is 4.35. The summed E-state index contributed by atoms with van der Waals surface area (Å²) in [7, 11) is 3.93. The standard InChI is InChI=1S/C13H19NO2/c1-10(2)9-16-13(15)11-5-7-12(8-6-11)14(3)4/h5-8,10H,9H2,1-4H3. The van der Waals surface area contributed by atoms with Gasteiger partial charge in [-0.15, -0.1) is 0 Å². The molecule has 88 valence electrons. The van der Waals surface area contributed by atoms with E-state index < -0.39 is 0 Å². The fraction of sp³-hybridized carbons (Fsp3) is 0.462. The van der Waals surface area contributed by atoms with Crippen LogP contribution in [-0.4, -0.2) is 26.7 Å². The molecule has 1 aromatic carbocycles. The third-order valence-electron chi connectivity index (χ3n) is 2.17. The van der Waals surface area contributed by atoms with Crippen LogP contribution in [-0.2, 0) is 4.74 Å². The van der Waals surface area contributed by atoms with Gasteiger partial charge in [0, 0.05) is 19.8 Å². The largest absolute Gasteiger partial charge is 0.462 e. The van der Waals surface area contributed by atoms with Gasteiger partial charge in [0.1, 0.15) is 0 Å². The van der Waals surface area contributed by atoms with Crippen molar-refractivity contribution in [3.8, 4) is 0 Å². The number of carbonyl (C=O) groups excluding carboxylic acids is 1. The van der Waals surface area contributed by atoms with Crippen LogP contribution in [0.5, 0.6) is 0 Å². The first-order valence-corrected chi connectivity index (χ1v) is 5.45. The molecule has 0 saturated carbocycles. The van der Waals surface area contributed by atoms with E-state index in [1.54, 1.807) is 12.1 Å². The van der Waals surface area contributed by atoms with Crippen LogP contribution in [0.4, 0.5) is 5.69 Å². The summed E-state index contributed by atoms with van der Waals surface area (Å²) < 4.78 is 5.14. The monoisotopic (exact) mass is 221 g/mol. The van der Waals surface area contributed by atoms with Crippen LogP contribution in [0.3, 0.4) is 0 Å². The third kappa shape index (κ3) is 3.57. The van der Waals surface area contributed by atoms with E-state index in [0.29, 0.717) is 18.1 Å². The van der Waals surface area contributed by atoms with Crippen molar-refractivity contribution in [2.75, 3.05) is 25.6 Å². The average molecular weight is 221 g/mol. The number of rotatable bonds is 4. The molecular weight excluding hydrogens is 202 g/mol. The van der Waals surface area contributed by atoms with Crippen LogP contribution in [0.15, 0.2) is 24.3 Å². The van der Waals surface area contributed by atoms with Crippen molar-refractivity contribution < 1.29 is 9.53 Å². The minimum absolute atomic E-state index is 0.251. The molecule has 16 heavy (non-hydrogen) atoms. The number of anilines is 1. The zero-order valence-electron chi connectivity index (χ0n) is 10.4. The smallest absolute Gasteiger partial charge is 0.338 e. The Balaban J connectivity index is 2.63. The summed E-state index contributed by atoms with van der Waals surface area (Å²) in [5.41, 5.74) is 1.67. The zero-order valence-corrected chi connectivity index (χ0v) is 10.4. The lowest BCUT2D eigenvalue weighted by Gasteiger charge is -2.12. The van der Waals surface area contributed by atoms with Crippen LogP contribution in [0.2, 0.25) is 0 Å². The van der Waals surface area contributed by atoms with Gasteiger partial charge in [-0.2, -0.15) is 0 Å². The lowest BCUT2D eigenvalue weighted by Crippen LogP contribution is -2.11. The molecule has 0 unspecified atom stereocenters. The van der Waals surface area contributed by atoms with Crippen molar-refractivity contribution >= 4 is 11.7 Å². The van der Waals surface area contributed by atoms with E-state index in [1.165, 1.54) is 0 Å². The number of carbonyl (C=O) groups is 1.